The lowest BCUT2D eigenvalue weighted by atomic mass is 10.1. The summed E-state index contributed by atoms with van der Waals surface area (Å²) in [7, 11) is 0. The minimum absolute atomic E-state index is 0.361. The molecule has 2 aromatic carbocycles. The van der Waals surface area contributed by atoms with Crippen LogP contribution in [0.2, 0.25) is 0 Å². The molecule has 4 heteroatoms. The van der Waals surface area contributed by atoms with Crippen molar-refractivity contribution in [1.29, 1.82) is 5.26 Å². The molecule has 0 unspecified atom stereocenters. The lowest BCUT2D eigenvalue weighted by molar-refractivity contribution is 0.124. The van der Waals surface area contributed by atoms with E-state index in [2.05, 4.69) is 0 Å². The van der Waals surface area contributed by atoms with Crippen LogP contribution in [0.15, 0.2) is 42.5 Å². The van der Waals surface area contributed by atoms with Gasteiger partial charge in [-0.1, -0.05) is 30.3 Å². The fraction of sp³-hybridized carbons (Fsp3) is 0.188. The Morgan fingerprint density at radius 2 is 1.65 bits per heavy atom. The van der Waals surface area contributed by atoms with Gasteiger partial charge in [0.1, 0.15) is 23.3 Å². The second-order valence-corrected chi connectivity index (χ2v) is 4.33. The highest BCUT2D eigenvalue weighted by Gasteiger charge is 2.10. The largest absolute Gasteiger partial charge is 0.376 e. The van der Waals surface area contributed by atoms with Gasteiger partial charge >= 0.3 is 0 Å². The predicted molar refractivity (Wildman–Crippen MR) is 70.9 cm³/mol. The van der Waals surface area contributed by atoms with Crippen molar-refractivity contribution in [3.63, 3.8) is 0 Å². The van der Waals surface area contributed by atoms with Crippen LogP contribution >= 0.6 is 0 Å². The average Bonchev–Trinajstić information content (AvgIpc) is 2.44. The van der Waals surface area contributed by atoms with Crippen molar-refractivity contribution in [2.75, 3.05) is 6.61 Å². The third kappa shape index (κ3) is 3.62. The highest BCUT2D eigenvalue weighted by Crippen LogP contribution is 2.15. The Morgan fingerprint density at radius 1 is 1.00 bits per heavy atom. The van der Waals surface area contributed by atoms with Gasteiger partial charge in [0, 0.05) is 0 Å². The number of nitriles is 1. The van der Waals surface area contributed by atoms with Crippen LogP contribution < -0.4 is 0 Å². The van der Waals surface area contributed by atoms with E-state index in [9.17, 15) is 8.78 Å². The molecule has 2 rings (SSSR count). The number of halogens is 2. The summed E-state index contributed by atoms with van der Waals surface area (Å²) in [6.07, 6.45) is 0.395. The van der Waals surface area contributed by atoms with E-state index in [0.29, 0.717) is 25.2 Å². The van der Waals surface area contributed by atoms with E-state index in [1.165, 1.54) is 18.2 Å². The molecule has 0 aliphatic heterocycles. The second-order valence-electron chi connectivity index (χ2n) is 4.33. The molecule has 20 heavy (non-hydrogen) atoms. The molecule has 0 radical (unpaired) electrons. The Kier molecular flexibility index (Phi) is 4.80. The second kappa shape index (κ2) is 6.78. The molecule has 0 aliphatic rings. The van der Waals surface area contributed by atoms with Crippen molar-refractivity contribution in [1.82, 2.24) is 0 Å². The highest BCUT2D eigenvalue weighted by molar-refractivity contribution is 5.35. The zero-order valence-electron chi connectivity index (χ0n) is 10.8. The molecule has 0 saturated carbocycles. The third-order valence-corrected chi connectivity index (χ3v) is 2.86. The monoisotopic (exact) mass is 273 g/mol. The molecule has 0 aliphatic carbocycles. The summed E-state index contributed by atoms with van der Waals surface area (Å²) >= 11 is 0. The van der Waals surface area contributed by atoms with Crippen LogP contribution in [0.1, 0.15) is 16.7 Å². The molecule has 2 nitrogen and oxygen atoms in total. The van der Waals surface area contributed by atoms with Gasteiger partial charge < -0.3 is 4.74 Å². The molecule has 0 heterocycles. The van der Waals surface area contributed by atoms with Crippen molar-refractivity contribution in [2.24, 2.45) is 0 Å². The lowest BCUT2D eigenvalue weighted by Gasteiger charge is -2.06. The number of ether oxygens (including phenoxy) is 1. The van der Waals surface area contributed by atoms with Crippen LogP contribution in [0.25, 0.3) is 0 Å². The van der Waals surface area contributed by atoms with Gasteiger partial charge in [-0.3, -0.25) is 0 Å². The van der Waals surface area contributed by atoms with Crippen LogP contribution in [0.5, 0.6) is 0 Å². The van der Waals surface area contributed by atoms with Crippen LogP contribution in [0.4, 0.5) is 8.78 Å². The van der Waals surface area contributed by atoms with Crippen molar-refractivity contribution >= 4 is 0 Å². The van der Waals surface area contributed by atoms with Gasteiger partial charge in [-0.25, -0.2) is 8.78 Å². The molecular weight excluding hydrogens is 260 g/mol. The van der Waals surface area contributed by atoms with Crippen molar-refractivity contribution in [3.8, 4) is 6.07 Å². The fourth-order valence-corrected chi connectivity index (χ4v) is 1.83. The normalized spacial score (nSPS) is 10.2. The zero-order chi connectivity index (χ0) is 14.4. The van der Waals surface area contributed by atoms with E-state index in [1.807, 2.05) is 30.3 Å². The van der Waals surface area contributed by atoms with Gasteiger partial charge in [0.2, 0.25) is 0 Å². The van der Waals surface area contributed by atoms with Crippen LogP contribution in [-0.2, 0) is 17.8 Å². The molecule has 0 amide bonds. The van der Waals surface area contributed by atoms with Crippen molar-refractivity contribution in [3.05, 3.63) is 70.8 Å². The maximum atomic E-state index is 13.4. The fourth-order valence-electron chi connectivity index (χ4n) is 1.83. The van der Waals surface area contributed by atoms with E-state index >= 15 is 0 Å². The quantitative estimate of drug-likeness (QED) is 0.780. The third-order valence-electron chi connectivity index (χ3n) is 2.86. The van der Waals surface area contributed by atoms with E-state index in [0.717, 1.165) is 5.56 Å². The first kappa shape index (κ1) is 14.2. The van der Waals surface area contributed by atoms with Gasteiger partial charge in [0.15, 0.2) is 0 Å². The molecule has 2 aromatic rings. The predicted octanol–water partition coefficient (Wildman–Crippen LogP) is 3.60. The first-order chi connectivity index (χ1) is 9.70. The maximum absolute atomic E-state index is 13.4. The number of nitrogens with zero attached hydrogens (tertiary/aromatic N) is 1. The van der Waals surface area contributed by atoms with E-state index < -0.39 is 17.2 Å². The Morgan fingerprint density at radius 3 is 2.25 bits per heavy atom. The maximum Gasteiger partial charge on any atom is 0.144 e. The molecule has 0 fully saturated rings. The SMILES string of the molecule is N#Cc1c(F)cc(CCOCc2ccccc2)cc1F. The summed E-state index contributed by atoms with van der Waals surface area (Å²) in [5.41, 5.74) is 0.982. The van der Waals surface area contributed by atoms with Gasteiger partial charge in [-0.15, -0.1) is 0 Å². The Bertz CT molecular complexity index is 597. The first-order valence-electron chi connectivity index (χ1n) is 6.20. The van der Waals surface area contributed by atoms with E-state index in [1.54, 1.807) is 0 Å². The molecule has 0 saturated heterocycles. The summed E-state index contributed by atoms with van der Waals surface area (Å²) < 4.78 is 32.2. The minimum Gasteiger partial charge on any atom is -0.376 e. The Labute approximate surface area is 116 Å². The Balaban J connectivity index is 1.87. The molecule has 0 spiro atoms. The molecule has 0 aromatic heterocycles. The number of hydrogen-bond acceptors (Lipinski definition) is 2. The van der Waals surface area contributed by atoms with Gasteiger partial charge in [0.25, 0.3) is 0 Å². The molecule has 0 N–H and O–H groups in total. The van der Waals surface area contributed by atoms with E-state index in [4.69, 9.17) is 10.00 Å². The molecule has 102 valence electrons. The summed E-state index contributed by atoms with van der Waals surface area (Å²) in [5, 5.41) is 8.58. The van der Waals surface area contributed by atoms with Crippen molar-refractivity contribution in [2.45, 2.75) is 13.0 Å². The number of hydrogen-bond donors (Lipinski definition) is 0. The number of rotatable bonds is 5. The average molecular weight is 273 g/mol. The first-order valence-corrected chi connectivity index (χ1v) is 6.20. The molecular formula is C16H13F2NO. The summed E-state index contributed by atoms with van der Waals surface area (Å²) in [6.45, 7) is 0.821. The number of benzene rings is 2. The standard InChI is InChI=1S/C16H13F2NO/c17-15-8-13(9-16(18)14(15)10-19)6-7-20-11-12-4-2-1-3-5-12/h1-5,8-9H,6-7,11H2. The smallest absolute Gasteiger partial charge is 0.144 e. The van der Waals surface area contributed by atoms with Gasteiger partial charge in [-0.05, 0) is 29.7 Å². The van der Waals surface area contributed by atoms with Crippen LogP contribution in [-0.4, -0.2) is 6.61 Å². The molecule has 0 atom stereocenters. The highest BCUT2D eigenvalue weighted by atomic mass is 19.1. The van der Waals surface area contributed by atoms with Gasteiger partial charge in [0.05, 0.1) is 13.2 Å². The van der Waals surface area contributed by atoms with Crippen LogP contribution in [0.3, 0.4) is 0 Å². The minimum atomic E-state index is -0.828. The lowest BCUT2D eigenvalue weighted by Crippen LogP contribution is -2.01. The van der Waals surface area contributed by atoms with Crippen LogP contribution in [0, 0.1) is 23.0 Å². The van der Waals surface area contributed by atoms with Gasteiger partial charge in [-0.2, -0.15) is 5.26 Å². The molecule has 0 bridgehead atoms. The summed E-state index contributed by atoms with van der Waals surface area (Å²) in [5.74, 6) is -1.66. The summed E-state index contributed by atoms with van der Waals surface area (Å²) in [6, 6.07) is 13.5. The van der Waals surface area contributed by atoms with E-state index in [-0.39, 0.29) is 0 Å². The Hall–Kier alpha value is -2.25. The topological polar surface area (TPSA) is 33.0 Å². The zero-order valence-corrected chi connectivity index (χ0v) is 10.8. The van der Waals surface area contributed by atoms with Crippen molar-refractivity contribution < 1.29 is 13.5 Å². The summed E-state index contributed by atoms with van der Waals surface area (Å²) in [4.78, 5) is 0.